The quantitative estimate of drug-likeness (QED) is 0.733. The van der Waals surface area contributed by atoms with Crippen LogP contribution < -0.4 is 15.2 Å². The summed E-state index contributed by atoms with van der Waals surface area (Å²) < 4.78 is 14.1. The molecule has 0 radical (unpaired) electrons. The molecule has 0 fully saturated rings. The molecule has 0 saturated heterocycles. The molecule has 1 aliphatic rings. The van der Waals surface area contributed by atoms with Crippen molar-refractivity contribution in [3.63, 3.8) is 0 Å². The summed E-state index contributed by atoms with van der Waals surface area (Å²) >= 11 is 5.99. The maximum Gasteiger partial charge on any atom is 0.333 e. The Kier molecular flexibility index (Phi) is 3.74. The molecule has 0 N–H and O–H groups in total. The molecule has 24 heavy (non-hydrogen) atoms. The van der Waals surface area contributed by atoms with E-state index in [9.17, 15) is 4.79 Å². The van der Waals surface area contributed by atoms with Crippen molar-refractivity contribution in [2.45, 2.75) is 6.54 Å². The fraction of sp³-hybridized carbons (Fsp3) is 0.176. The summed E-state index contributed by atoms with van der Waals surface area (Å²) in [4.78, 5) is 17.0. The maximum atomic E-state index is 12.6. The average Bonchev–Trinajstić information content (AvgIpc) is 2.95. The predicted molar refractivity (Wildman–Crippen MR) is 89.4 cm³/mol. The molecule has 0 atom stereocenters. The number of hydrogen-bond donors (Lipinski definition) is 0. The Morgan fingerprint density at radius 2 is 2.00 bits per heavy atom. The van der Waals surface area contributed by atoms with Crippen LogP contribution in [0.2, 0.25) is 5.02 Å². The van der Waals surface area contributed by atoms with Crippen molar-refractivity contribution >= 4 is 11.6 Å². The first-order valence-corrected chi connectivity index (χ1v) is 7.88. The van der Waals surface area contributed by atoms with E-state index in [4.69, 9.17) is 21.1 Å². The van der Waals surface area contributed by atoms with Crippen LogP contribution in [-0.2, 0) is 6.54 Å². The van der Waals surface area contributed by atoms with Gasteiger partial charge in [0, 0.05) is 17.4 Å². The van der Waals surface area contributed by atoms with E-state index in [1.54, 1.807) is 33.7 Å². The Hall–Kier alpha value is -2.73. The van der Waals surface area contributed by atoms with Crippen LogP contribution in [0.15, 0.2) is 53.6 Å². The number of fused-ring (bicyclic) bond motifs is 1. The molecule has 3 heterocycles. The van der Waals surface area contributed by atoms with E-state index >= 15 is 0 Å². The van der Waals surface area contributed by atoms with Crippen LogP contribution in [-0.4, -0.2) is 27.3 Å². The summed E-state index contributed by atoms with van der Waals surface area (Å²) in [5.74, 6) is 1.11. The van der Waals surface area contributed by atoms with Gasteiger partial charge in [-0.05, 0) is 30.3 Å². The number of nitrogens with zero attached hydrogens (tertiary/aromatic N) is 3. The summed E-state index contributed by atoms with van der Waals surface area (Å²) in [6.07, 6.45) is 3.44. The molecule has 7 heteroatoms. The van der Waals surface area contributed by atoms with Gasteiger partial charge in [0.1, 0.15) is 13.2 Å². The van der Waals surface area contributed by atoms with Gasteiger partial charge in [0.15, 0.2) is 5.75 Å². The van der Waals surface area contributed by atoms with E-state index in [-0.39, 0.29) is 5.69 Å². The van der Waals surface area contributed by atoms with Crippen molar-refractivity contribution in [2.75, 3.05) is 13.2 Å². The first-order valence-electron chi connectivity index (χ1n) is 7.50. The maximum absolute atomic E-state index is 12.6. The number of hydrogen-bond acceptors (Lipinski definition) is 4. The van der Waals surface area contributed by atoms with Crippen molar-refractivity contribution in [1.29, 1.82) is 0 Å². The second-order valence-electron chi connectivity index (χ2n) is 5.36. The van der Waals surface area contributed by atoms with Gasteiger partial charge in [-0.2, -0.15) is 0 Å². The first-order chi connectivity index (χ1) is 11.7. The average molecular weight is 344 g/mol. The first kappa shape index (κ1) is 14.8. The Morgan fingerprint density at radius 3 is 2.88 bits per heavy atom. The molecule has 0 aliphatic carbocycles. The smallest absolute Gasteiger partial charge is 0.333 e. The normalized spacial score (nSPS) is 13.0. The highest BCUT2D eigenvalue weighted by Gasteiger charge is 2.14. The van der Waals surface area contributed by atoms with Gasteiger partial charge >= 0.3 is 5.69 Å². The second kappa shape index (κ2) is 6.05. The fourth-order valence-corrected chi connectivity index (χ4v) is 2.77. The second-order valence-corrected chi connectivity index (χ2v) is 5.80. The summed E-state index contributed by atoms with van der Waals surface area (Å²) in [7, 11) is 0. The lowest BCUT2D eigenvalue weighted by Crippen LogP contribution is -2.24. The zero-order chi connectivity index (χ0) is 16.5. The van der Waals surface area contributed by atoms with Gasteiger partial charge in [-0.15, -0.1) is 0 Å². The molecule has 2 aromatic heterocycles. The van der Waals surface area contributed by atoms with Crippen molar-refractivity contribution < 1.29 is 9.47 Å². The molecule has 4 rings (SSSR count). The minimum Gasteiger partial charge on any atom is -0.484 e. The molecule has 0 spiro atoms. The van der Waals surface area contributed by atoms with Gasteiger partial charge in [-0.1, -0.05) is 17.7 Å². The molecule has 0 bridgehead atoms. The third kappa shape index (κ3) is 2.76. The molecule has 0 unspecified atom stereocenters. The lowest BCUT2D eigenvalue weighted by atomic mass is 10.3. The molecule has 6 nitrogen and oxygen atoms in total. The molecule has 122 valence electrons. The van der Waals surface area contributed by atoms with E-state index in [0.29, 0.717) is 36.4 Å². The Balaban J connectivity index is 1.63. The zero-order valence-corrected chi connectivity index (χ0v) is 13.4. The van der Waals surface area contributed by atoms with E-state index in [1.807, 2.05) is 24.3 Å². The van der Waals surface area contributed by atoms with Crippen molar-refractivity contribution in [3.8, 4) is 17.3 Å². The standard InChI is InChI=1S/C17H14ClN3O3/c18-12-2-1-3-14(10-12)21-7-6-20(17(21)22)11-13-4-5-15-16(19-13)24-9-8-23-15/h1-7,10H,8-9,11H2. The summed E-state index contributed by atoms with van der Waals surface area (Å²) in [6, 6.07) is 10.8. The van der Waals surface area contributed by atoms with Crippen LogP contribution in [0.3, 0.4) is 0 Å². The number of imidazole rings is 1. The number of halogens is 1. The highest BCUT2D eigenvalue weighted by molar-refractivity contribution is 6.30. The van der Waals surface area contributed by atoms with Crippen molar-refractivity contribution in [2.24, 2.45) is 0 Å². The Morgan fingerprint density at radius 1 is 1.12 bits per heavy atom. The minimum atomic E-state index is -0.158. The van der Waals surface area contributed by atoms with Crippen LogP contribution in [0, 0.1) is 0 Å². The van der Waals surface area contributed by atoms with E-state index in [1.165, 1.54) is 0 Å². The highest BCUT2D eigenvalue weighted by Crippen LogP contribution is 2.27. The van der Waals surface area contributed by atoms with E-state index in [0.717, 1.165) is 11.4 Å². The largest absolute Gasteiger partial charge is 0.484 e. The number of pyridine rings is 1. The molecular weight excluding hydrogens is 330 g/mol. The van der Waals surface area contributed by atoms with E-state index < -0.39 is 0 Å². The van der Waals surface area contributed by atoms with Gasteiger partial charge in [0.05, 0.1) is 17.9 Å². The lowest BCUT2D eigenvalue weighted by molar-refractivity contribution is 0.164. The van der Waals surface area contributed by atoms with Crippen LogP contribution in [0.25, 0.3) is 5.69 Å². The van der Waals surface area contributed by atoms with Crippen LogP contribution in [0.5, 0.6) is 11.6 Å². The van der Waals surface area contributed by atoms with Crippen LogP contribution in [0.4, 0.5) is 0 Å². The van der Waals surface area contributed by atoms with Gasteiger partial charge in [0.25, 0.3) is 5.88 Å². The third-order valence-corrected chi connectivity index (χ3v) is 3.96. The third-order valence-electron chi connectivity index (χ3n) is 3.73. The molecule has 3 aromatic rings. The summed E-state index contributed by atoms with van der Waals surface area (Å²) in [5.41, 5.74) is 1.29. The molecule has 1 aliphatic heterocycles. The number of benzene rings is 1. The SMILES string of the molecule is O=c1n(Cc2ccc3c(n2)OCCO3)ccn1-c1cccc(Cl)c1. The van der Waals surface area contributed by atoms with Gasteiger partial charge in [-0.3, -0.25) is 9.13 Å². The molecule has 1 aromatic carbocycles. The molecular formula is C17H14ClN3O3. The van der Waals surface area contributed by atoms with Crippen molar-refractivity contribution in [1.82, 2.24) is 14.1 Å². The number of rotatable bonds is 3. The highest BCUT2D eigenvalue weighted by atomic mass is 35.5. The Labute approximate surface area is 142 Å². The zero-order valence-electron chi connectivity index (χ0n) is 12.7. The van der Waals surface area contributed by atoms with Gasteiger partial charge in [-0.25, -0.2) is 9.78 Å². The summed E-state index contributed by atoms with van der Waals surface area (Å²) in [6.45, 7) is 1.35. The monoisotopic (exact) mass is 343 g/mol. The van der Waals surface area contributed by atoms with Gasteiger partial charge in [0.2, 0.25) is 0 Å². The van der Waals surface area contributed by atoms with Crippen LogP contribution in [0.1, 0.15) is 5.69 Å². The van der Waals surface area contributed by atoms with Crippen molar-refractivity contribution in [3.05, 3.63) is 70.0 Å². The minimum absolute atomic E-state index is 0.158. The summed E-state index contributed by atoms with van der Waals surface area (Å²) in [5, 5.41) is 0.584. The van der Waals surface area contributed by atoms with Gasteiger partial charge < -0.3 is 9.47 Å². The topological polar surface area (TPSA) is 58.3 Å². The van der Waals surface area contributed by atoms with E-state index in [2.05, 4.69) is 4.98 Å². The Bertz CT molecular complexity index is 948. The lowest BCUT2D eigenvalue weighted by Gasteiger charge is -2.17. The predicted octanol–water partition coefficient (Wildman–Crippen LogP) is 2.51. The fourth-order valence-electron chi connectivity index (χ4n) is 2.59. The van der Waals surface area contributed by atoms with Crippen LogP contribution >= 0.6 is 11.6 Å². The molecule has 0 saturated carbocycles. The number of aromatic nitrogens is 3. The molecule has 0 amide bonds. The number of ether oxygens (including phenoxy) is 2.